The van der Waals surface area contributed by atoms with Crippen molar-refractivity contribution in [2.45, 2.75) is 6.18 Å². The lowest BCUT2D eigenvalue weighted by Crippen LogP contribution is -2.33. The lowest BCUT2D eigenvalue weighted by molar-refractivity contribution is -0.137. The molecule has 0 spiro atoms. The Kier molecular flexibility index (Phi) is 6.80. The molecule has 148 valence electrons. The third-order valence-electron chi connectivity index (χ3n) is 3.58. The van der Waals surface area contributed by atoms with Gasteiger partial charge in [0.25, 0.3) is 0 Å². The van der Waals surface area contributed by atoms with Crippen molar-refractivity contribution in [3.8, 4) is 0 Å². The van der Waals surface area contributed by atoms with Gasteiger partial charge in [-0.15, -0.1) is 0 Å². The molecule has 2 rings (SSSR count). The first-order chi connectivity index (χ1) is 13.1. The Hall–Kier alpha value is -2.87. The molecule has 0 heterocycles. The Balaban J connectivity index is 1.99. The van der Waals surface area contributed by atoms with E-state index in [1.807, 2.05) is 0 Å². The zero-order chi connectivity index (χ0) is 20.9. The van der Waals surface area contributed by atoms with Crippen molar-refractivity contribution in [3.63, 3.8) is 0 Å². The van der Waals surface area contributed by atoms with E-state index in [4.69, 9.17) is 11.6 Å². The summed E-state index contributed by atoms with van der Waals surface area (Å²) in [5, 5.41) is 1.99. The van der Waals surface area contributed by atoms with Crippen molar-refractivity contribution in [2.24, 2.45) is 0 Å². The van der Waals surface area contributed by atoms with Gasteiger partial charge in [0.2, 0.25) is 11.8 Å². The predicted molar refractivity (Wildman–Crippen MR) is 98.2 cm³/mol. The second-order valence-electron chi connectivity index (χ2n) is 5.82. The number of nitrogens with one attached hydrogen (secondary N) is 1. The fourth-order valence-corrected chi connectivity index (χ4v) is 2.44. The Bertz CT molecular complexity index is 913. The fourth-order valence-electron chi connectivity index (χ4n) is 2.22. The minimum Gasteiger partial charge on any atom is -0.333 e. The number of hydrogen-bond donors (Lipinski definition) is 1. The number of amides is 2. The van der Waals surface area contributed by atoms with Gasteiger partial charge in [-0.1, -0.05) is 23.7 Å². The van der Waals surface area contributed by atoms with Gasteiger partial charge < -0.3 is 10.2 Å². The van der Waals surface area contributed by atoms with Crippen LogP contribution in [0.25, 0.3) is 6.08 Å². The molecule has 4 nitrogen and oxygen atoms in total. The molecule has 0 fully saturated rings. The van der Waals surface area contributed by atoms with Gasteiger partial charge >= 0.3 is 6.18 Å². The number of alkyl halides is 3. The molecule has 28 heavy (non-hydrogen) atoms. The maximum absolute atomic E-state index is 13.1. The monoisotopic (exact) mass is 414 g/mol. The molecule has 0 aromatic heterocycles. The molecule has 2 aromatic carbocycles. The van der Waals surface area contributed by atoms with E-state index in [2.05, 4.69) is 5.32 Å². The standard InChI is InChI=1S/C19H15ClF4N2O2/c1-26(11-17(27)25-14-4-2-3-13(21)10-14)18(28)8-6-12-5-7-16(20)15(9-12)19(22,23)24/h2-10H,11H2,1H3,(H,25,27). The highest BCUT2D eigenvalue weighted by atomic mass is 35.5. The van der Waals surface area contributed by atoms with E-state index in [0.29, 0.717) is 0 Å². The van der Waals surface area contributed by atoms with E-state index in [9.17, 15) is 27.2 Å². The topological polar surface area (TPSA) is 49.4 Å². The number of likely N-dealkylation sites (N-methyl/N-ethyl adjacent to an activating group) is 1. The van der Waals surface area contributed by atoms with E-state index in [0.717, 1.165) is 29.2 Å². The normalized spacial score (nSPS) is 11.5. The summed E-state index contributed by atoms with van der Waals surface area (Å²) in [6.45, 7) is -0.325. The number of carbonyl (C=O) groups excluding carboxylic acids is 2. The first kappa shape index (κ1) is 21.4. The van der Waals surface area contributed by atoms with Crippen molar-refractivity contribution < 1.29 is 27.2 Å². The number of benzene rings is 2. The molecule has 0 atom stereocenters. The molecular weight excluding hydrogens is 400 g/mol. The van der Waals surface area contributed by atoms with Gasteiger partial charge in [0, 0.05) is 18.8 Å². The van der Waals surface area contributed by atoms with Gasteiger partial charge in [0.1, 0.15) is 5.82 Å². The van der Waals surface area contributed by atoms with Crippen molar-refractivity contribution >= 4 is 35.2 Å². The summed E-state index contributed by atoms with van der Waals surface area (Å²) in [6, 6.07) is 8.49. The highest BCUT2D eigenvalue weighted by Crippen LogP contribution is 2.35. The highest BCUT2D eigenvalue weighted by molar-refractivity contribution is 6.31. The van der Waals surface area contributed by atoms with Crippen LogP contribution in [0.3, 0.4) is 0 Å². The molecule has 0 aliphatic rings. The number of halogens is 5. The molecule has 0 saturated heterocycles. The number of nitrogens with zero attached hydrogens (tertiary/aromatic N) is 1. The van der Waals surface area contributed by atoms with Gasteiger partial charge in [-0.2, -0.15) is 13.2 Å². The summed E-state index contributed by atoms with van der Waals surface area (Å²) in [7, 11) is 1.35. The van der Waals surface area contributed by atoms with Crippen molar-refractivity contribution in [2.75, 3.05) is 18.9 Å². The van der Waals surface area contributed by atoms with Crippen LogP contribution in [0, 0.1) is 5.82 Å². The Morgan fingerprint density at radius 3 is 2.54 bits per heavy atom. The third kappa shape index (κ3) is 6.09. The van der Waals surface area contributed by atoms with Gasteiger partial charge in [0.15, 0.2) is 0 Å². The quantitative estimate of drug-likeness (QED) is 0.574. The highest BCUT2D eigenvalue weighted by Gasteiger charge is 2.33. The SMILES string of the molecule is CN(CC(=O)Nc1cccc(F)c1)C(=O)C=Cc1ccc(Cl)c(C(F)(F)F)c1. The van der Waals surface area contributed by atoms with Crippen LogP contribution in [0.5, 0.6) is 0 Å². The van der Waals surface area contributed by atoms with Crippen molar-refractivity contribution in [1.29, 1.82) is 0 Å². The number of anilines is 1. The number of hydrogen-bond acceptors (Lipinski definition) is 2. The number of carbonyl (C=O) groups is 2. The summed E-state index contributed by atoms with van der Waals surface area (Å²) in [6.07, 6.45) is -2.38. The molecule has 0 aliphatic heterocycles. The van der Waals surface area contributed by atoms with Gasteiger partial charge in [-0.05, 0) is 42.0 Å². The second kappa shape index (κ2) is 8.88. The average molecular weight is 415 g/mol. The van der Waals surface area contributed by atoms with E-state index in [-0.39, 0.29) is 17.8 Å². The largest absolute Gasteiger partial charge is 0.417 e. The van der Waals surface area contributed by atoms with Crippen molar-refractivity contribution in [1.82, 2.24) is 4.90 Å². The Labute approximate surface area is 163 Å². The molecule has 0 aliphatic carbocycles. The van der Waals surface area contributed by atoms with E-state index in [1.54, 1.807) is 0 Å². The lowest BCUT2D eigenvalue weighted by atomic mass is 10.1. The maximum atomic E-state index is 13.1. The fraction of sp³-hybridized carbons (Fsp3) is 0.158. The molecule has 0 bridgehead atoms. The Morgan fingerprint density at radius 2 is 1.89 bits per heavy atom. The summed E-state index contributed by atoms with van der Waals surface area (Å²) in [5.41, 5.74) is -0.642. The summed E-state index contributed by atoms with van der Waals surface area (Å²) in [4.78, 5) is 25.0. The Morgan fingerprint density at radius 1 is 1.18 bits per heavy atom. The summed E-state index contributed by atoms with van der Waals surface area (Å²) < 4.78 is 51.6. The van der Waals surface area contributed by atoms with Crippen LogP contribution in [0.15, 0.2) is 48.5 Å². The molecule has 0 unspecified atom stereocenters. The predicted octanol–water partition coefficient (Wildman–Crippen LogP) is 4.61. The molecule has 9 heteroatoms. The summed E-state index contributed by atoms with van der Waals surface area (Å²) in [5.74, 6) is -1.68. The second-order valence-corrected chi connectivity index (χ2v) is 6.23. The molecule has 0 radical (unpaired) electrons. The third-order valence-corrected chi connectivity index (χ3v) is 3.91. The molecule has 2 amide bonds. The van der Waals surface area contributed by atoms with Gasteiger partial charge in [-0.25, -0.2) is 4.39 Å². The smallest absolute Gasteiger partial charge is 0.333 e. The average Bonchev–Trinajstić information content (AvgIpc) is 2.59. The van der Waals surface area contributed by atoms with Crippen LogP contribution in [0.4, 0.5) is 23.2 Å². The van der Waals surface area contributed by atoms with Crippen LogP contribution in [0.2, 0.25) is 5.02 Å². The van der Waals surface area contributed by atoms with Gasteiger partial charge in [0.05, 0.1) is 17.1 Å². The van der Waals surface area contributed by atoms with Crippen LogP contribution in [0.1, 0.15) is 11.1 Å². The molecule has 0 saturated carbocycles. The van der Waals surface area contributed by atoms with Crippen LogP contribution >= 0.6 is 11.6 Å². The van der Waals surface area contributed by atoms with E-state index < -0.39 is 34.4 Å². The van der Waals surface area contributed by atoms with E-state index in [1.165, 1.54) is 37.4 Å². The van der Waals surface area contributed by atoms with Crippen molar-refractivity contribution in [3.05, 3.63) is 70.5 Å². The zero-order valence-corrected chi connectivity index (χ0v) is 15.3. The minimum absolute atomic E-state index is 0.127. The maximum Gasteiger partial charge on any atom is 0.417 e. The minimum atomic E-state index is -4.61. The molecule has 2 aromatic rings. The molecular formula is C19H15ClF4N2O2. The molecule has 1 N–H and O–H groups in total. The lowest BCUT2D eigenvalue weighted by Gasteiger charge is -2.15. The first-order valence-corrected chi connectivity index (χ1v) is 8.29. The number of rotatable bonds is 5. The van der Waals surface area contributed by atoms with Crippen LogP contribution in [-0.2, 0) is 15.8 Å². The van der Waals surface area contributed by atoms with Gasteiger partial charge in [-0.3, -0.25) is 9.59 Å². The van der Waals surface area contributed by atoms with Crippen LogP contribution in [-0.4, -0.2) is 30.3 Å². The zero-order valence-electron chi connectivity index (χ0n) is 14.6. The first-order valence-electron chi connectivity index (χ1n) is 7.91. The van der Waals surface area contributed by atoms with E-state index >= 15 is 0 Å². The summed E-state index contributed by atoms with van der Waals surface area (Å²) >= 11 is 5.54. The van der Waals surface area contributed by atoms with Crippen LogP contribution < -0.4 is 5.32 Å².